The molecule has 180 valence electrons. The number of carbonyl (C=O) groups excluding carboxylic acids is 1. The lowest BCUT2D eigenvalue weighted by molar-refractivity contribution is 0.0976. The standard InChI is InChI=1S/C24H28ClN5O4/c1-14-19(15(2)30(3)29-14)13-26-24(27-18-9-7-8-17(25)12-18)28-23(31)16-10-20(32-4)22(34-6)21(11-16)33-5/h7-12H,13H2,1-6H3,(H2,26,27,28,31). The Morgan fingerprint density at radius 2 is 1.76 bits per heavy atom. The molecule has 0 atom stereocenters. The van der Waals surface area contributed by atoms with Gasteiger partial charge in [0.05, 0.1) is 33.6 Å². The number of nitrogens with zero attached hydrogens (tertiary/aromatic N) is 3. The maximum atomic E-state index is 13.2. The van der Waals surface area contributed by atoms with Gasteiger partial charge in [-0.2, -0.15) is 5.10 Å². The molecule has 0 saturated carbocycles. The van der Waals surface area contributed by atoms with E-state index in [1.165, 1.54) is 21.3 Å². The molecule has 0 radical (unpaired) electrons. The summed E-state index contributed by atoms with van der Waals surface area (Å²) in [6.45, 7) is 4.23. The first-order valence-electron chi connectivity index (χ1n) is 10.4. The minimum Gasteiger partial charge on any atom is -0.493 e. The van der Waals surface area contributed by atoms with E-state index >= 15 is 0 Å². The van der Waals surface area contributed by atoms with Gasteiger partial charge < -0.3 is 19.5 Å². The van der Waals surface area contributed by atoms with Gasteiger partial charge >= 0.3 is 0 Å². The summed E-state index contributed by atoms with van der Waals surface area (Å²) in [5.41, 5.74) is 3.84. The Bertz CT molecular complexity index is 1200. The number of aromatic nitrogens is 2. The SMILES string of the molecule is COc1cc(C(=O)NC(=NCc2c(C)nn(C)c2C)Nc2cccc(Cl)c2)cc(OC)c1OC. The molecule has 0 fully saturated rings. The third-order valence-corrected chi connectivity index (χ3v) is 5.54. The van der Waals surface area contributed by atoms with Crippen LogP contribution in [0.25, 0.3) is 0 Å². The van der Waals surface area contributed by atoms with Gasteiger partial charge in [-0.15, -0.1) is 0 Å². The van der Waals surface area contributed by atoms with Gasteiger partial charge in [-0.3, -0.25) is 14.8 Å². The maximum Gasteiger partial charge on any atom is 0.258 e. The molecule has 3 rings (SSSR count). The lowest BCUT2D eigenvalue weighted by Crippen LogP contribution is -2.36. The Kier molecular flexibility index (Phi) is 8.01. The highest BCUT2D eigenvalue weighted by Crippen LogP contribution is 2.38. The Morgan fingerprint density at radius 3 is 2.29 bits per heavy atom. The zero-order chi connectivity index (χ0) is 24.8. The van der Waals surface area contributed by atoms with E-state index in [-0.39, 0.29) is 5.96 Å². The van der Waals surface area contributed by atoms with Crippen molar-refractivity contribution < 1.29 is 19.0 Å². The monoisotopic (exact) mass is 485 g/mol. The van der Waals surface area contributed by atoms with Crippen molar-refractivity contribution in [2.24, 2.45) is 12.0 Å². The normalized spacial score (nSPS) is 11.2. The second-order valence-corrected chi connectivity index (χ2v) is 7.88. The molecule has 2 aromatic carbocycles. The minimum atomic E-state index is -0.410. The Balaban J connectivity index is 1.94. The second kappa shape index (κ2) is 10.9. The van der Waals surface area contributed by atoms with Crippen LogP contribution in [0.4, 0.5) is 5.69 Å². The van der Waals surface area contributed by atoms with E-state index in [2.05, 4.69) is 20.7 Å². The Morgan fingerprint density at radius 1 is 1.09 bits per heavy atom. The summed E-state index contributed by atoms with van der Waals surface area (Å²) in [6.07, 6.45) is 0. The van der Waals surface area contributed by atoms with E-state index in [9.17, 15) is 4.79 Å². The second-order valence-electron chi connectivity index (χ2n) is 7.44. The van der Waals surface area contributed by atoms with Crippen molar-refractivity contribution in [3.8, 4) is 17.2 Å². The number of amides is 1. The highest BCUT2D eigenvalue weighted by Gasteiger charge is 2.18. The van der Waals surface area contributed by atoms with Gasteiger partial charge in [-0.1, -0.05) is 17.7 Å². The third kappa shape index (κ3) is 5.60. The number of ether oxygens (including phenoxy) is 3. The quantitative estimate of drug-likeness (QED) is 0.386. The van der Waals surface area contributed by atoms with Crippen molar-refractivity contribution in [1.82, 2.24) is 15.1 Å². The van der Waals surface area contributed by atoms with Crippen LogP contribution in [-0.4, -0.2) is 43.0 Å². The van der Waals surface area contributed by atoms with Crippen LogP contribution in [0, 0.1) is 13.8 Å². The number of benzene rings is 2. The summed E-state index contributed by atoms with van der Waals surface area (Å²) in [7, 11) is 6.37. The van der Waals surface area contributed by atoms with Crippen LogP contribution >= 0.6 is 11.6 Å². The smallest absolute Gasteiger partial charge is 0.258 e. The zero-order valence-corrected chi connectivity index (χ0v) is 20.8. The van der Waals surface area contributed by atoms with E-state index in [1.54, 1.807) is 35.0 Å². The van der Waals surface area contributed by atoms with Crippen LogP contribution in [0.5, 0.6) is 17.2 Å². The number of rotatable bonds is 7. The summed E-state index contributed by atoms with van der Waals surface area (Å²) < 4.78 is 17.9. The number of carbonyl (C=O) groups is 1. The van der Waals surface area contributed by atoms with Crippen LogP contribution in [0.2, 0.25) is 5.02 Å². The van der Waals surface area contributed by atoms with Gasteiger partial charge in [0.25, 0.3) is 5.91 Å². The number of hydrogen-bond donors (Lipinski definition) is 2. The van der Waals surface area contributed by atoms with Crippen molar-refractivity contribution in [2.45, 2.75) is 20.4 Å². The minimum absolute atomic E-state index is 0.253. The van der Waals surface area contributed by atoms with E-state index < -0.39 is 5.91 Å². The number of guanidine groups is 1. The molecule has 3 aromatic rings. The first-order chi connectivity index (χ1) is 16.3. The summed E-state index contributed by atoms with van der Waals surface area (Å²) in [4.78, 5) is 17.8. The van der Waals surface area contributed by atoms with Crippen LogP contribution in [-0.2, 0) is 13.6 Å². The fraction of sp³-hybridized carbons (Fsp3) is 0.292. The summed E-state index contributed by atoms with van der Waals surface area (Å²) in [6, 6.07) is 10.3. The van der Waals surface area contributed by atoms with Gasteiger partial charge in [0, 0.05) is 34.6 Å². The number of anilines is 1. The van der Waals surface area contributed by atoms with E-state index in [0.717, 1.165) is 17.0 Å². The highest BCUT2D eigenvalue weighted by molar-refractivity contribution is 6.31. The van der Waals surface area contributed by atoms with Crippen molar-refractivity contribution in [2.75, 3.05) is 26.6 Å². The summed E-state index contributed by atoms with van der Waals surface area (Å²) in [5, 5.41) is 11.0. The molecule has 0 aliphatic rings. The van der Waals surface area contributed by atoms with Crippen molar-refractivity contribution >= 4 is 29.2 Å². The van der Waals surface area contributed by atoms with Gasteiger partial charge in [0.15, 0.2) is 11.5 Å². The van der Waals surface area contributed by atoms with E-state index in [4.69, 9.17) is 25.8 Å². The average molecular weight is 486 g/mol. The molecule has 0 bridgehead atoms. The Labute approximate surface area is 203 Å². The molecular formula is C24H28ClN5O4. The van der Waals surface area contributed by atoms with Crippen molar-refractivity contribution in [1.29, 1.82) is 0 Å². The van der Waals surface area contributed by atoms with Crippen molar-refractivity contribution in [3.05, 3.63) is 63.9 Å². The fourth-order valence-electron chi connectivity index (χ4n) is 3.41. The predicted molar refractivity (Wildman–Crippen MR) is 132 cm³/mol. The maximum absolute atomic E-state index is 13.2. The number of nitrogens with one attached hydrogen (secondary N) is 2. The van der Waals surface area contributed by atoms with Crippen LogP contribution in [0.1, 0.15) is 27.3 Å². The number of halogens is 1. The summed E-state index contributed by atoms with van der Waals surface area (Å²) >= 11 is 6.12. The van der Waals surface area contributed by atoms with Crippen LogP contribution in [0.3, 0.4) is 0 Å². The van der Waals surface area contributed by atoms with Gasteiger partial charge in [-0.05, 0) is 44.2 Å². The fourth-order valence-corrected chi connectivity index (χ4v) is 3.60. The average Bonchev–Trinajstić information content (AvgIpc) is 3.06. The molecule has 0 spiro atoms. The largest absolute Gasteiger partial charge is 0.493 e. The molecule has 1 aromatic heterocycles. The van der Waals surface area contributed by atoms with Crippen LogP contribution in [0.15, 0.2) is 41.4 Å². The number of aliphatic imine (C=N–C) groups is 1. The summed E-state index contributed by atoms with van der Waals surface area (Å²) in [5.74, 6) is 0.982. The topological polar surface area (TPSA) is 99.0 Å². The van der Waals surface area contributed by atoms with Gasteiger partial charge in [0.2, 0.25) is 11.7 Å². The number of methoxy groups -OCH3 is 3. The Hall–Kier alpha value is -3.72. The third-order valence-electron chi connectivity index (χ3n) is 5.30. The molecular weight excluding hydrogens is 458 g/mol. The van der Waals surface area contributed by atoms with Gasteiger partial charge in [-0.25, -0.2) is 4.99 Å². The van der Waals surface area contributed by atoms with Crippen molar-refractivity contribution in [3.63, 3.8) is 0 Å². The van der Waals surface area contributed by atoms with Crippen LogP contribution < -0.4 is 24.8 Å². The number of hydrogen-bond acceptors (Lipinski definition) is 6. The first-order valence-corrected chi connectivity index (χ1v) is 10.8. The molecule has 0 aliphatic heterocycles. The molecule has 2 N–H and O–H groups in total. The lowest BCUT2D eigenvalue weighted by Gasteiger charge is -2.15. The lowest BCUT2D eigenvalue weighted by atomic mass is 10.1. The van der Waals surface area contributed by atoms with E-state index in [1.807, 2.05) is 27.0 Å². The molecule has 1 heterocycles. The molecule has 0 saturated heterocycles. The zero-order valence-electron chi connectivity index (χ0n) is 20.0. The molecule has 9 nitrogen and oxygen atoms in total. The molecule has 1 amide bonds. The highest BCUT2D eigenvalue weighted by atomic mass is 35.5. The molecule has 10 heteroatoms. The molecule has 0 aliphatic carbocycles. The van der Waals surface area contributed by atoms with Gasteiger partial charge in [0.1, 0.15) is 0 Å². The molecule has 34 heavy (non-hydrogen) atoms. The predicted octanol–water partition coefficient (Wildman–Crippen LogP) is 4.11. The molecule has 0 unspecified atom stereocenters. The number of aryl methyl sites for hydroxylation is 2. The first kappa shape index (κ1) is 24.9. The van der Waals surface area contributed by atoms with E-state index in [0.29, 0.717) is 40.1 Å².